The first-order valence-electron chi connectivity index (χ1n) is 14.6. The lowest BCUT2D eigenvalue weighted by molar-refractivity contribution is -0.141. The summed E-state index contributed by atoms with van der Waals surface area (Å²) in [6.45, 7) is 7.59. The SMILES string of the molecule is C1CCNCC1.CNc1ccc(CNC(=O)C2CCCN2)cc1N.Cc1ccc(C(F)(F)F)nc1.O=CN1CCCC1. The van der Waals surface area contributed by atoms with Gasteiger partial charge in [0.2, 0.25) is 12.3 Å². The lowest BCUT2D eigenvalue weighted by Crippen LogP contribution is -2.40. The van der Waals surface area contributed by atoms with Gasteiger partial charge in [0.1, 0.15) is 5.69 Å². The summed E-state index contributed by atoms with van der Waals surface area (Å²) in [5.41, 5.74) is 8.36. The molecule has 9 nitrogen and oxygen atoms in total. The number of anilines is 2. The highest BCUT2D eigenvalue weighted by Crippen LogP contribution is 2.27. The van der Waals surface area contributed by atoms with Crippen molar-refractivity contribution in [3.63, 3.8) is 0 Å². The van der Waals surface area contributed by atoms with Crippen LogP contribution in [0, 0.1) is 6.92 Å². The number of likely N-dealkylation sites (tertiary alicyclic amines) is 1. The number of rotatable bonds is 5. The van der Waals surface area contributed by atoms with Gasteiger partial charge >= 0.3 is 6.18 Å². The summed E-state index contributed by atoms with van der Waals surface area (Å²) < 4.78 is 35.6. The number of hydrogen-bond acceptors (Lipinski definition) is 7. The Morgan fingerprint density at radius 2 is 1.79 bits per heavy atom. The van der Waals surface area contributed by atoms with Crippen LogP contribution in [0.5, 0.6) is 0 Å². The maximum Gasteiger partial charge on any atom is 0.433 e. The molecule has 0 radical (unpaired) electrons. The normalized spacial score (nSPS) is 17.8. The number of amides is 2. The average Bonchev–Trinajstić information content (AvgIpc) is 3.73. The molecular formula is C30H46F3N7O2. The average molecular weight is 594 g/mol. The quantitative estimate of drug-likeness (QED) is 0.261. The first-order chi connectivity index (χ1) is 20.1. The van der Waals surface area contributed by atoms with E-state index in [1.165, 1.54) is 57.5 Å². The monoisotopic (exact) mass is 593 g/mol. The van der Waals surface area contributed by atoms with Crippen LogP contribution in [0.4, 0.5) is 24.5 Å². The molecule has 1 aromatic heterocycles. The fourth-order valence-corrected chi connectivity index (χ4v) is 4.45. The van der Waals surface area contributed by atoms with Crippen molar-refractivity contribution >= 4 is 23.7 Å². The van der Waals surface area contributed by atoms with Gasteiger partial charge in [-0.05, 0) is 94.4 Å². The van der Waals surface area contributed by atoms with Crippen LogP contribution < -0.4 is 27.0 Å². The Hall–Kier alpha value is -3.38. The summed E-state index contributed by atoms with van der Waals surface area (Å²) in [4.78, 5) is 26.8. The highest BCUT2D eigenvalue weighted by Gasteiger charge is 2.31. The summed E-state index contributed by atoms with van der Waals surface area (Å²) in [7, 11) is 1.83. The third kappa shape index (κ3) is 13.5. The number of carbonyl (C=O) groups is 2. The van der Waals surface area contributed by atoms with E-state index in [0.717, 1.165) is 61.8 Å². The number of alkyl halides is 3. The molecule has 3 fully saturated rings. The van der Waals surface area contributed by atoms with E-state index in [4.69, 9.17) is 5.73 Å². The van der Waals surface area contributed by atoms with Gasteiger partial charge in [-0.1, -0.05) is 18.6 Å². The Kier molecular flexibility index (Phi) is 15.7. The number of aromatic nitrogens is 1. The molecule has 0 aliphatic carbocycles. The molecule has 4 heterocycles. The summed E-state index contributed by atoms with van der Waals surface area (Å²) in [5.74, 6) is 0.0729. The molecule has 0 saturated carbocycles. The summed E-state index contributed by atoms with van der Waals surface area (Å²) in [5, 5.41) is 12.4. The number of nitrogens with two attached hydrogens (primary N) is 1. The van der Waals surface area contributed by atoms with Crippen molar-refractivity contribution in [2.75, 3.05) is 50.8 Å². The number of nitrogen functional groups attached to an aromatic ring is 1. The Bertz CT molecular complexity index is 1040. The summed E-state index contributed by atoms with van der Waals surface area (Å²) in [6, 6.07) is 8.09. The number of nitrogens with one attached hydrogen (secondary N) is 4. The van der Waals surface area contributed by atoms with Crippen molar-refractivity contribution in [2.24, 2.45) is 0 Å². The molecule has 0 bridgehead atoms. The van der Waals surface area contributed by atoms with E-state index in [2.05, 4.69) is 26.3 Å². The van der Waals surface area contributed by atoms with Gasteiger partial charge < -0.3 is 31.9 Å². The Morgan fingerprint density at radius 1 is 1.07 bits per heavy atom. The molecule has 234 valence electrons. The third-order valence-electron chi connectivity index (χ3n) is 6.93. The van der Waals surface area contributed by atoms with Crippen LogP contribution in [0.3, 0.4) is 0 Å². The number of carbonyl (C=O) groups excluding carboxylic acids is 2. The number of aryl methyl sites for hydroxylation is 1. The Morgan fingerprint density at radius 3 is 2.21 bits per heavy atom. The largest absolute Gasteiger partial charge is 0.433 e. The molecule has 12 heteroatoms. The standard InChI is InChI=1S/C13H20N4O.C7H6F3N.C5H9NO.C5H11N/c1-15-11-5-4-9(7-10(11)14)8-17-13(18)12-3-2-6-16-12;1-5-2-3-6(11-4-5)7(8,9)10;7-5-6-3-1-2-4-6;1-2-4-6-5-3-1/h4-5,7,12,15-16H,2-3,6,8,14H2,1H3,(H,17,18);2-4H,1H3;5H,1-4H2;6H,1-5H2. The molecule has 0 spiro atoms. The van der Waals surface area contributed by atoms with E-state index in [-0.39, 0.29) is 11.9 Å². The molecule has 1 atom stereocenters. The topological polar surface area (TPSA) is 124 Å². The van der Waals surface area contributed by atoms with Gasteiger partial charge in [-0.3, -0.25) is 14.6 Å². The van der Waals surface area contributed by atoms with Crippen LogP contribution in [0.2, 0.25) is 0 Å². The lowest BCUT2D eigenvalue weighted by atomic mass is 10.1. The first kappa shape index (κ1) is 34.8. The van der Waals surface area contributed by atoms with Gasteiger partial charge in [0.05, 0.1) is 17.4 Å². The minimum Gasteiger partial charge on any atom is -0.397 e. The number of halogens is 3. The zero-order valence-corrected chi connectivity index (χ0v) is 24.7. The minimum absolute atomic E-state index is 0.0288. The van der Waals surface area contributed by atoms with Crippen LogP contribution >= 0.6 is 0 Å². The van der Waals surface area contributed by atoms with E-state index in [9.17, 15) is 22.8 Å². The molecule has 3 saturated heterocycles. The molecule has 2 amide bonds. The smallest absolute Gasteiger partial charge is 0.397 e. The summed E-state index contributed by atoms with van der Waals surface area (Å²) >= 11 is 0. The fraction of sp³-hybridized carbons (Fsp3) is 0.567. The van der Waals surface area contributed by atoms with Crippen LogP contribution in [0.1, 0.15) is 61.8 Å². The molecule has 3 aliphatic heterocycles. The first-order valence-corrected chi connectivity index (χ1v) is 14.6. The van der Waals surface area contributed by atoms with Crippen molar-refractivity contribution in [2.45, 2.75) is 70.6 Å². The number of piperidine rings is 1. The highest BCUT2D eigenvalue weighted by molar-refractivity contribution is 5.82. The second-order valence-electron chi connectivity index (χ2n) is 10.4. The van der Waals surface area contributed by atoms with Gasteiger partial charge in [0.15, 0.2) is 0 Å². The van der Waals surface area contributed by atoms with Gasteiger partial charge in [-0.2, -0.15) is 13.2 Å². The maximum atomic E-state index is 11.9. The van der Waals surface area contributed by atoms with E-state index in [1.807, 2.05) is 25.2 Å². The van der Waals surface area contributed by atoms with Crippen molar-refractivity contribution in [1.82, 2.24) is 25.8 Å². The number of benzene rings is 1. The Balaban J connectivity index is 0.000000217. The molecule has 42 heavy (non-hydrogen) atoms. The molecule has 1 unspecified atom stereocenters. The van der Waals surface area contributed by atoms with E-state index >= 15 is 0 Å². The molecule has 6 N–H and O–H groups in total. The van der Waals surface area contributed by atoms with Gasteiger partial charge in [-0.15, -0.1) is 0 Å². The molecule has 5 rings (SSSR count). The highest BCUT2D eigenvalue weighted by atomic mass is 19.4. The zero-order valence-electron chi connectivity index (χ0n) is 24.7. The van der Waals surface area contributed by atoms with Gasteiger partial charge in [-0.25, -0.2) is 0 Å². The molecule has 3 aliphatic rings. The van der Waals surface area contributed by atoms with E-state index in [0.29, 0.717) is 12.2 Å². The fourth-order valence-electron chi connectivity index (χ4n) is 4.45. The number of pyridine rings is 1. The van der Waals surface area contributed by atoms with Crippen molar-refractivity contribution in [3.05, 3.63) is 53.3 Å². The minimum atomic E-state index is -4.33. The number of nitrogens with zero attached hydrogens (tertiary/aromatic N) is 2. The molecular weight excluding hydrogens is 547 g/mol. The predicted molar refractivity (Wildman–Crippen MR) is 161 cm³/mol. The van der Waals surface area contributed by atoms with Crippen molar-refractivity contribution in [1.29, 1.82) is 0 Å². The zero-order chi connectivity index (χ0) is 30.8. The predicted octanol–water partition coefficient (Wildman–Crippen LogP) is 4.09. The second kappa shape index (κ2) is 18.9. The third-order valence-corrected chi connectivity index (χ3v) is 6.93. The van der Waals surface area contributed by atoms with Gasteiger partial charge in [0.25, 0.3) is 0 Å². The van der Waals surface area contributed by atoms with Crippen molar-refractivity contribution in [3.8, 4) is 0 Å². The van der Waals surface area contributed by atoms with Crippen molar-refractivity contribution < 1.29 is 22.8 Å². The molecule has 2 aromatic rings. The second-order valence-corrected chi connectivity index (χ2v) is 10.4. The lowest BCUT2D eigenvalue weighted by Gasteiger charge is -2.12. The van der Waals surface area contributed by atoms with Crippen LogP contribution in [0.25, 0.3) is 0 Å². The molecule has 1 aromatic carbocycles. The van der Waals surface area contributed by atoms with Gasteiger partial charge in [0, 0.05) is 32.9 Å². The van der Waals surface area contributed by atoms with Crippen LogP contribution in [-0.2, 0) is 22.3 Å². The van der Waals surface area contributed by atoms with Crippen LogP contribution in [0.15, 0.2) is 36.5 Å². The number of hydrogen-bond donors (Lipinski definition) is 5. The van der Waals surface area contributed by atoms with E-state index in [1.54, 1.807) is 11.8 Å². The maximum absolute atomic E-state index is 11.9. The summed E-state index contributed by atoms with van der Waals surface area (Å²) in [6.07, 6.45) is 6.39. The van der Waals surface area contributed by atoms with Crippen LogP contribution in [-0.4, -0.2) is 68.0 Å². The Labute approximate surface area is 247 Å². The van der Waals surface area contributed by atoms with E-state index < -0.39 is 11.9 Å².